The molecule has 7 nitrogen and oxygen atoms in total. The molecular weight excluding hydrogens is 486 g/mol. The summed E-state index contributed by atoms with van der Waals surface area (Å²) in [5.41, 5.74) is 4.31. The van der Waals surface area contributed by atoms with Crippen LogP contribution in [0.3, 0.4) is 0 Å². The van der Waals surface area contributed by atoms with E-state index >= 15 is 0 Å². The van der Waals surface area contributed by atoms with Gasteiger partial charge in [0.25, 0.3) is 20.2 Å². The molecule has 0 aromatic heterocycles. The quantitative estimate of drug-likeness (QED) is 0.536. The first-order valence-electron chi connectivity index (χ1n) is 11.1. The van der Waals surface area contributed by atoms with Gasteiger partial charge < -0.3 is 4.90 Å². The zero-order valence-corrected chi connectivity index (χ0v) is 21.7. The SMILES string of the molecule is CC1(C)C(/C=C/C=C2/N(CS(=O)(=O)O)c3ccccc3C2(C)C)=C(CS(=O)(=O)O)c2ccccc21. The van der Waals surface area contributed by atoms with Crippen LogP contribution in [0.4, 0.5) is 5.69 Å². The van der Waals surface area contributed by atoms with E-state index in [1.807, 2.05) is 82.3 Å². The molecule has 0 fully saturated rings. The van der Waals surface area contributed by atoms with Gasteiger partial charge in [0.2, 0.25) is 0 Å². The minimum atomic E-state index is -4.30. The van der Waals surface area contributed by atoms with Crippen molar-refractivity contribution in [1.82, 2.24) is 0 Å². The van der Waals surface area contributed by atoms with E-state index in [1.54, 1.807) is 17.1 Å². The van der Waals surface area contributed by atoms with Gasteiger partial charge >= 0.3 is 0 Å². The van der Waals surface area contributed by atoms with Gasteiger partial charge in [-0.25, -0.2) is 0 Å². The average molecular weight is 516 g/mol. The average Bonchev–Trinajstić information content (AvgIpc) is 3.07. The molecule has 186 valence electrons. The summed E-state index contributed by atoms with van der Waals surface area (Å²) >= 11 is 0. The van der Waals surface area contributed by atoms with Crippen LogP contribution in [-0.2, 0) is 31.1 Å². The Hall–Kier alpha value is -2.72. The Morgan fingerprint density at radius 2 is 1.43 bits per heavy atom. The zero-order chi connectivity index (χ0) is 25.8. The summed E-state index contributed by atoms with van der Waals surface area (Å²) in [6.07, 6.45) is 5.38. The minimum absolute atomic E-state index is 0.504. The Morgan fingerprint density at radius 1 is 0.829 bits per heavy atom. The number of fused-ring (bicyclic) bond motifs is 2. The highest BCUT2D eigenvalue weighted by molar-refractivity contribution is 7.86. The number of anilines is 1. The number of rotatable bonds is 6. The predicted octanol–water partition coefficient (Wildman–Crippen LogP) is 4.70. The number of allylic oxidation sites excluding steroid dienone is 5. The van der Waals surface area contributed by atoms with Crippen molar-refractivity contribution in [3.8, 4) is 0 Å². The van der Waals surface area contributed by atoms with Crippen molar-refractivity contribution in [3.05, 3.63) is 94.7 Å². The van der Waals surface area contributed by atoms with Crippen LogP contribution in [0.1, 0.15) is 44.4 Å². The van der Waals surface area contributed by atoms with Crippen LogP contribution in [0.2, 0.25) is 0 Å². The number of hydrogen-bond donors (Lipinski definition) is 2. The second-order valence-electron chi connectivity index (χ2n) is 9.98. The highest BCUT2D eigenvalue weighted by Crippen LogP contribution is 2.49. The van der Waals surface area contributed by atoms with E-state index in [0.717, 1.165) is 22.3 Å². The molecule has 9 heteroatoms. The third-order valence-electron chi connectivity index (χ3n) is 6.86. The van der Waals surface area contributed by atoms with Gasteiger partial charge in [-0.2, -0.15) is 16.8 Å². The molecule has 4 rings (SSSR count). The van der Waals surface area contributed by atoms with Gasteiger partial charge in [-0.3, -0.25) is 9.11 Å². The summed E-state index contributed by atoms with van der Waals surface area (Å²) in [5, 5.41) is 0. The summed E-state index contributed by atoms with van der Waals surface area (Å²) in [7, 11) is -8.57. The van der Waals surface area contributed by atoms with E-state index in [2.05, 4.69) is 0 Å². The Labute approximate surface area is 207 Å². The van der Waals surface area contributed by atoms with Gasteiger partial charge in [0, 0.05) is 22.2 Å². The molecular formula is C26H29NO6S2. The first-order chi connectivity index (χ1) is 16.1. The lowest BCUT2D eigenvalue weighted by molar-refractivity contribution is 0.481. The topological polar surface area (TPSA) is 112 Å². The van der Waals surface area contributed by atoms with Crippen LogP contribution >= 0.6 is 0 Å². The van der Waals surface area contributed by atoms with Crippen LogP contribution in [0.15, 0.2) is 78.0 Å². The van der Waals surface area contributed by atoms with Crippen molar-refractivity contribution in [2.75, 3.05) is 16.5 Å². The van der Waals surface area contributed by atoms with Crippen molar-refractivity contribution < 1.29 is 25.9 Å². The molecule has 2 aromatic rings. The number of benzene rings is 2. The van der Waals surface area contributed by atoms with E-state index in [1.165, 1.54) is 0 Å². The fourth-order valence-corrected chi connectivity index (χ4v) is 6.56. The maximum absolute atomic E-state index is 11.8. The molecule has 35 heavy (non-hydrogen) atoms. The van der Waals surface area contributed by atoms with Gasteiger partial charge in [0.05, 0.1) is 0 Å². The Kier molecular flexibility index (Phi) is 6.12. The molecule has 0 bridgehead atoms. The van der Waals surface area contributed by atoms with E-state index in [0.29, 0.717) is 17.0 Å². The summed E-state index contributed by atoms with van der Waals surface area (Å²) in [6.45, 7) is 7.95. The highest BCUT2D eigenvalue weighted by Gasteiger charge is 2.41. The van der Waals surface area contributed by atoms with Gasteiger partial charge in [-0.15, -0.1) is 0 Å². The van der Waals surface area contributed by atoms with E-state index in [-0.39, 0.29) is 0 Å². The molecule has 1 aliphatic heterocycles. The molecule has 2 aromatic carbocycles. The van der Waals surface area contributed by atoms with Crippen LogP contribution in [-0.4, -0.2) is 37.6 Å². The Balaban J connectivity index is 1.83. The number of hydrogen-bond acceptors (Lipinski definition) is 5. The van der Waals surface area contributed by atoms with Crippen LogP contribution in [0.5, 0.6) is 0 Å². The van der Waals surface area contributed by atoms with Crippen molar-refractivity contribution in [3.63, 3.8) is 0 Å². The molecule has 0 atom stereocenters. The molecule has 0 radical (unpaired) electrons. The molecule has 0 spiro atoms. The standard InChI is InChI=1S/C26H29NO6S2/c1-25(2)20-11-6-5-10-18(20)19(16-34(28,29)30)21(25)13-9-15-24-26(3,4)22-12-7-8-14-23(22)27(24)17-35(31,32)33/h5-15H,16-17H2,1-4H3,(H,28,29,30)(H,31,32,33)/b13-9+,24-15+. The number of nitrogens with zero attached hydrogens (tertiary/aromatic N) is 1. The predicted molar refractivity (Wildman–Crippen MR) is 138 cm³/mol. The summed E-state index contributed by atoms with van der Waals surface area (Å²) in [5.74, 6) is -1.09. The van der Waals surface area contributed by atoms with Crippen LogP contribution in [0, 0.1) is 0 Å². The van der Waals surface area contributed by atoms with Gasteiger partial charge in [0.1, 0.15) is 5.75 Å². The molecule has 0 unspecified atom stereocenters. The highest BCUT2D eigenvalue weighted by atomic mass is 32.2. The molecule has 1 heterocycles. The normalized spacial score (nSPS) is 20.1. The van der Waals surface area contributed by atoms with Crippen molar-refractivity contribution >= 4 is 31.5 Å². The molecule has 0 saturated heterocycles. The van der Waals surface area contributed by atoms with Crippen LogP contribution in [0.25, 0.3) is 5.57 Å². The molecule has 0 saturated carbocycles. The first-order valence-corrected chi connectivity index (χ1v) is 14.3. The summed E-state index contributed by atoms with van der Waals surface area (Å²) < 4.78 is 66.5. The minimum Gasteiger partial charge on any atom is -0.327 e. The van der Waals surface area contributed by atoms with Gasteiger partial charge in [0.15, 0.2) is 5.88 Å². The maximum atomic E-state index is 11.8. The largest absolute Gasteiger partial charge is 0.327 e. The van der Waals surface area contributed by atoms with Crippen molar-refractivity contribution in [1.29, 1.82) is 0 Å². The Bertz CT molecular complexity index is 1500. The van der Waals surface area contributed by atoms with E-state index in [9.17, 15) is 25.9 Å². The molecule has 0 amide bonds. The third kappa shape index (κ3) is 4.73. The lowest BCUT2D eigenvalue weighted by Gasteiger charge is -2.26. The molecule has 1 aliphatic carbocycles. The zero-order valence-electron chi connectivity index (χ0n) is 20.1. The molecule has 2 N–H and O–H groups in total. The summed E-state index contributed by atoms with van der Waals surface area (Å²) in [4.78, 5) is 1.58. The maximum Gasteiger partial charge on any atom is 0.283 e. The van der Waals surface area contributed by atoms with Crippen molar-refractivity contribution in [2.45, 2.75) is 38.5 Å². The fraction of sp³-hybridized carbons (Fsp3) is 0.308. The van der Waals surface area contributed by atoms with Crippen LogP contribution < -0.4 is 4.90 Å². The van der Waals surface area contributed by atoms with Gasteiger partial charge in [-0.05, 0) is 40.0 Å². The van der Waals surface area contributed by atoms with Crippen molar-refractivity contribution in [2.24, 2.45) is 0 Å². The third-order valence-corrected chi connectivity index (χ3v) is 8.10. The van der Waals surface area contributed by atoms with Gasteiger partial charge in [-0.1, -0.05) is 82.3 Å². The second kappa shape index (κ2) is 8.44. The number of para-hydroxylation sites is 1. The van der Waals surface area contributed by atoms with E-state index in [4.69, 9.17) is 0 Å². The second-order valence-corrected chi connectivity index (χ2v) is 12.9. The monoisotopic (exact) mass is 515 g/mol. The lowest BCUT2D eigenvalue weighted by Crippen LogP contribution is -2.30. The summed E-state index contributed by atoms with van der Waals surface area (Å²) in [6, 6.07) is 15.0. The fourth-order valence-electron chi connectivity index (χ4n) is 5.28. The lowest BCUT2D eigenvalue weighted by atomic mass is 9.81. The Morgan fingerprint density at radius 3 is 2.06 bits per heavy atom. The smallest absolute Gasteiger partial charge is 0.283 e. The first kappa shape index (κ1) is 25.4. The van der Waals surface area contributed by atoms with E-state index < -0.39 is 42.7 Å². The molecule has 2 aliphatic rings.